The van der Waals surface area contributed by atoms with E-state index in [0.29, 0.717) is 29.6 Å². The molecule has 6 nitrogen and oxygen atoms in total. The summed E-state index contributed by atoms with van der Waals surface area (Å²) in [5.41, 5.74) is 6.58. The van der Waals surface area contributed by atoms with Crippen molar-refractivity contribution in [2.24, 2.45) is 0 Å². The molecule has 7 heteroatoms. The molecule has 4 N–H and O–H groups in total. The van der Waals surface area contributed by atoms with Gasteiger partial charge in [-0.2, -0.15) is 0 Å². The number of carbonyl (C=O) groups excluding carboxylic acids is 1. The molecular formula is C11H16ClN3O3. The summed E-state index contributed by atoms with van der Waals surface area (Å²) >= 11 is 5.82. The highest BCUT2D eigenvalue weighted by Gasteiger charge is 2.03. The molecule has 0 fully saturated rings. The zero-order chi connectivity index (χ0) is 13.4. The molecule has 100 valence electrons. The van der Waals surface area contributed by atoms with Gasteiger partial charge in [-0.1, -0.05) is 11.6 Å². The predicted octanol–water partition coefficient (Wildman–Crippen LogP) is 1.66. The number of nitrogen functional groups attached to an aromatic ring is 1. The summed E-state index contributed by atoms with van der Waals surface area (Å²) < 4.78 is 9.87. The smallest absolute Gasteiger partial charge is 0.321 e. The van der Waals surface area contributed by atoms with Crippen LogP contribution in [0.3, 0.4) is 0 Å². The molecule has 0 spiro atoms. The van der Waals surface area contributed by atoms with Crippen LogP contribution >= 0.6 is 11.6 Å². The minimum absolute atomic E-state index is 0.109. The lowest BCUT2D eigenvalue weighted by Crippen LogP contribution is -2.31. The van der Waals surface area contributed by atoms with Crippen molar-refractivity contribution in [3.8, 4) is 0 Å². The van der Waals surface area contributed by atoms with Crippen LogP contribution in [0.15, 0.2) is 18.2 Å². The van der Waals surface area contributed by atoms with Crippen LogP contribution in [0.2, 0.25) is 5.02 Å². The van der Waals surface area contributed by atoms with Gasteiger partial charge >= 0.3 is 6.03 Å². The molecule has 0 heterocycles. The summed E-state index contributed by atoms with van der Waals surface area (Å²) in [6, 6.07) is 4.47. The number of hydrogen-bond acceptors (Lipinski definition) is 4. The SMILES string of the molecule is COCCOCNC(=O)Nc1ccc(N)c(Cl)c1. The first-order valence-electron chi connectivity index (χ1n) is 5.30. The van der Waals surface area contributed by atoms with Crippen molar-refractivity contribution in [2.75, 3.05) is 38.1 Å². The number of nitrogens with two attached hydrogens (primary N) is 1. The Bertz CT molecular complexity index is 401. The van der Waals surface area contributed by atoms with Crippen molar-refractivity contribution < 1.29 is 14.3 Å². The zero-order valence-electron chi connectivity index (χ0n) is 10.0. The van der Waals surface area contributed by atoms with Gasteiger partial charge in [0.05, 0.1) is 23.9 Å². The summed E-state index contributed by atoms with van der Waals surface area (Å²) in [6.45, 7) is 1.01. The van der Waals surface area contributed by atoms with Crippen molar-refractivity contribution in [1.29, 1.82) is 0 Å². The van der Waals surface area contributed by atoms with Crippen LogP contribution in [0.1, 0.15) is 0 Å². The quantitative estimate of drug-likeness (QED) is 0.418. The molecule has 0 bridgehead atoms. The monoisotopic (exact) mass is 273 g/mol. The number of urea groups is 1. The van der Waals surface area contributed by atoms with E-state index < -0.39 is 0 Å². The van der Waals surface area contributed by atoms with E-state index in [0.717, 1.165) is 0 Å². The number of carbonyl (C=O) groups is 1. The topological polar surface area (TPSA) is 85.6 Å². The van der Waals surface area contributed by atoms with Gasteiger partial charge in [0.2, 0.25) is 0 Å². The van der Waals surface area contributed by atoms with Gasteiger partial charge < -0.3 is 25.8 Å². The Morgan fingerprint density at radius 3 is 2.89 bits per heavy atom. The molecular weight excluding hydrogens is 258 g/mol. The molecule has 1 aromatic rings. The van der Waals surface area contributed by atoms with Crippen molar-refractivity contribution >= 4 is 29.0 Å². The summed E-state index contributed by atoms with van der Waals surface area (Å²) in [5, 5.41) is 5.51. The van der Waals surface area contributed by atoms with Crippen LogP contribution in [-0.2, 0) is 9.47 Å². The molecule has 1 aromatic carbocycles. The van der Waals surface area contributed by atoms with Gasteiger partial charge in [0.1, 0.15) is 6.73 Å². The number of ether oxygens (including phenoxy) is 2. The second kappa shape index (κ2) is 7.75. The fraction of sp³-hybridized carbons (Fsp3) is 0.364. The van der Waals surface area contributed by atoms with Crippen LogP contribution in [0.4, 0.5) is 16.2 Å². The first kappa shape index (κ1) is 14.6. The predicted molar refractivity (Wildman–Crippen MR) is 70.7 cm³/mol. The minimum atomic E-state index is -0.381. The third-order valence-electron chi connectivity index (χ3n) is 2.02. The van der Waals surface area contributed by atoms with Crippen LogP contribution in [-0.4, -0.2) is 33.1 Å². The third kappa shape index (κ3) is 5.22. The van der Waals surface area contributed by atoms with Crippen molar-refractivity contribution in [3.05, 3.63) is 23.2 Å². The number of hydrogen-bond donors (Lipinski definition) is 3. The van der Waals surface area contributed by atoms with Crippen molar-refractivity contribution in [2.45, 2.75) is 0 Å². The number of anilines is 2. The Kier molecular flexibility index (Phi) is 6.27. The lowest BCUT2D eigenvalue weighted by atomic mass is 10.3. The molecule has 0 unspecified atom stereocenters. The Hall–Kier alpha value is -1.50. The normalized spacial score (nSPS) is 10.1. The molecule has 18 heavy (non-hydrogen) atoms. The standard InChI is InChI=1S/C11H16ClN3O3/c1-17-4-5-18-7-14-11(16)15-8-2-3-10(13)9(12)6-8/h2-3,6H,4-5,7,13H2,1H3,(H2,14,15,16). The van der Waals surface area contributed by atoms with Gasteiger partial charge in [0.15, 0.2) is 0 Å². The molecule has 0 radical (unpaired) electrons. The van der Waals surface area contributed by atoms with Crippen molar-refractivity contribution in [1.82, 2.24) is 5.32 Å². The van der Waals surface area contributed by atoms with Gasteiger partial charge in [-0.15, -0.1) is 0 Å². The minimum Gasteiger partial charge on any atom is -0.398 e. The largest absolute Gasteiger partial charge is 0.398 e. The van der Waals surface area contributed by atoms with Gasteiger partial charge in [-0.25, -0.2) is 4.79 Å². The molecule has 0 saturated carbocycles. The van der Waals surface area contributed by atoms with E-state index in [-0.39, 0.29) is 12.8 Å². The van der Waals surface area contributed by atoms with Crippen LogP contribution < -0.4 is 16.4 Å². The molecule has 0 atom stereocenters. The maximum atomic E-state index is 11.4. The van der Waals surface area contributed by atoms with E-state index in [1.165, 1.54) is 0 Å². The van der Waals surface area contributed by atoms with E-state index in [2.05, 4.69) is 10.6 Å². The highest BCUT2D eigenvalue weighted by atomic mass is 35.5. The molecule has 1 rings (SSSR count). The molecule has 2 amide bonds. The second-order valence-electron chi connectivity index (χ2n) is 3.41. The van der Waals surface area contributed by atoms with Crippen LogP contribution in [0.25, 0.3) is 0 Å². The average molecular weight is 274 g/mol. The van der Waals surface area contributed by atoms with Gasteiger partial charge in [0, 0.05) is 12.8 Å². The van der Waals surface area contributed by atoms with Crippen LogP contribution in [0, 0.1) is 0 Å². The summed E-state index contributed by atoms with van der Waals surface area (Å²) in [4.78, 5) is 11.4. The van der Waals surface area contributed by atoms with Gasteiger partial charge in [-0.3, -0.25) is 0 Å². The Labute approximate surface area is 110 Å². The lowest BCUT2D eigenvalue weighted by Gasteiger charge is -2.09. The Balaban J connectivity index is 2.29. The average Bonchev–Trinajstić information content (AvgIpc) is 2.34. The van der Waals surface area contributed by atoms with Crippen LogP contribution in [0.5, 0.6) is 0 Å². The number of halogens is 1. The third-order valence-corrected chi connectivity index (χ3v) is 2.35. The zero-order valence-corrected chi connectivity index (χ0v) is 10.8. The first-order valence-corrected chi connectivity index (χ1v) is 5.68. The molecule has 0 saturated heterocycles. The maximum Gasteiger partial charge on any atom is 0.321 e. The fourth-order valence-electron chi connectivity index (χ4n) is 1.11. The first-order chi connectivity index (χ1) is 8.63. The van der Waals surface area contributed by atoms with Gasteiger partial charge in [-0.05, 0) is 18.2 Å². The lowest BCUT2D eigenvalue weighted by molar-refractivity contribution is 0.0650. The van der Waals surface area contributed by atoms with E-state index in [1.807, 2.05) is 0 Å². The Morgan fingerprint density at radius 2 is 2.22 bits per heavy atom. The van der Waals surface area contributed by atoms with Gasteiger partial charge in [0.25, 0.3) is 0 Å². The molecule has 0 aliphatic carbocycles. The summed E-state index contributed by atoms with van der Waals surface area (Å²) in [5.74, 6) is 0. The molecule has 0 aliphatic rings. The van der Waals surface area contributed by atoms with Crippen molar-refractivity contribution in [3.63, 3.8) is 0 Å². The van der Waals surface area contributed by atoms with E-state index >= 15 is 0 Å². The number of methoxy groups -OCH3 is 1. The Morgan fingerprint density at radius 1 is 1.44 bits per heavy atom. The van der Waals surface area contributed by atoms with E-state index in [1.54, 1.807) is 25.3 Å². The second-order valence-corrected chi connectivity index (χ2v) is 3.82. The highest BCUT2D eigenvalue weighted by Crippen LogP contribution is 2.22. The fourth-order valence-corrected chi connectivity index (χ4v) is 1.29. The summed E-state index contributed by atoms with van der Waals surface area (Å²) in [7, 11) is 1.58. The molecule has 0 aromatic heterocycles. The number of amides is 2. The number of benzene rings is 1. The number of nitrogens with one attached hydrogen (secondary N) is 2. The molecule has 0 aliphatic heterocycles. The maximum absolute atomic E-state index is 11.4. The summed E-state index contributed by atoms with van der Waals surface area (Å²) in [6.07, 6.45) is 0. The van der Waals surface area contributed by atoms with E-state index in [4.69, 9.17) is 26.8 Å². The number of rotatable bonds is 6. The van der Waals surface area contributed by atoms with E-state index in [9.17, 15) is 4.79 Å². The highest BCUT2D eigenvalue weighted by molar-refractivity contribution is 6.33.